The van der Waals surface area contributed by atoms with Crippen molar-refractivity contribution in [3.63, 3.8) is 0 Å². The van der Waals surface area contributed by atoms with Crippen LogP contribution in [0.25, 0.3) is 10.9 Å². The van der Waals surface area contributed by atoms with E-state index in [4.69, 9.17) is 18.9 Å². The highest BCUT2D eigenvalue weighted by Gasteiger charge is 2.47. The summed E-state index contributed by atoms with van der Waals surface area (Å²) in [6.07, 6.45) is 2.22. The molecule has 4 aromatic rings. The molecule has 0 unspecified atom stereocenters. The van der Waals surface area contributed by atoms with E-state index < -0.39 is 48.2 Å². The number of aromatic nitrogens is 2. The molecule has 1 aliphatic carbocycles. The van der Waals surface area contributed by atoms with Crippen molar-refractivity contribution >= 4 is 22.5 Å². The van der Waals surface area contributed by atoms with E-state index in [1.807, 2.05) is 0 Å². The number of hydrogen-bond acceptors (Lipinski definition) is 8. The Kier molecular flexibility index (Phi) is 8.29. The van der Waals surface area contributed by atoms with Gasteiger partial charge in [0, 0.05) is 67.2 Å². The zero-order chi connectivity index (χ0) is 29.9. The predicted octanol–water partition coefficient (Wildman–Crippen LogP) is 5.74. The van der Waals surface area contributed by atoms with Crippen LogP contribution in [0, 0.1) is 11.6 Å². The number of alkyl halides is 2. The van der Waals surface area contributed by atoms with Gasteiger partial charge in [-0.2, -0.15) is 0 Å². The monoisotopic (exact) mass is 586 g/mol. The highest BCUT2D eigenvalue weighted by molar-refractivity contribution is 6.06. The van der Waals surface area contributed by atoms with Crippen LogP contribution in [0.4, 0.5) is 23.2 Å². The maximum Gasteiger partial charge on any atom is 0.261 e. The Bertz CT molecular complexity index is 1590. The van der Waals surface area contributed by atoms with Crippen molar-refractivity contribution in [2.24, 2.45) is 0 Å². The van der Waals surface area contributed by atoms with E-state index in [1.54, 1.807) is 19.2 Å². The molecule has 2 aromatic carbocycles. The minimum atomic E-state index is -2.81. The minimum Gasteiger partial charge on any atom is -0.493 e. The van der Waals surface area contributed by atoms with Crippen molar-refractivity contribution in [3.05, 3.63) is 72.2 Å². The molecule has 2 N–H and O–H groups in total. The van der Waals surface area contributed by atoms with Gasteiger partial charge in [-0.3, -0.25) is 14.8 Å². The zero-order valence-electron chi connectivity index (χ0n) is 22.5. The lowest BCUT2D eigenvalue weighted by Crippen LogP contribution is -2.43. The van der Waals surface area contributed by atoms with Crippen LogP contribution in [0.15, 0.2) is 55.0 Å². The average Bonchev–Trinajstić information content (AvgIpc) is 2.94. The van der Waals surface area contributed by atoms with Crippen molar-refractivity contribution in [3.8, 4) is 28.7 Å². The molecule has 1 fully saturated rings. The number of benzene rings is 2. The van der Waals surface area contributed by atoms with E-state index in [1.165, 1.54) is 37.8 Å². The Morgan fingerprint density at radius 3 is 2.45 bits per heavy atom. The molecule has 5 rings (SSSR count). The molecule has 13 heteroatoms. The van der Waals surface area contributed by atoms with Crippen molar-refractivity contribution in [1.82, 2.24) is 15.3 Å². The fourth-order valence-corrected chi connectivity index (χ4v) is 4.32. The number of ether oxygens (including phenoxy) is 4. The Hall–Kier alpha value is -4.65. The van der Waals surface area contributed by atoms with Crippen molar-refractivity contribution in [1.29, 1.82) is 0 Å². The molecule has 0 radical (unpaired) electrons. The van der Waals surface area contributed by atoms with Crippen molar-refractivity contribution < 1.29 is 41.3 Å². The number of likely N-dealkylation sites (N-methyl/N-ethyl adjacent to an activating group) is 1. The average molecular weight is 587 g/mol. The van der Waals surface area contributed by atoms with Crippen LogP contribution in [-0.4, -0.2) is 55.2 Å². The van der Waals surface area contributed by atoms with Gasteiger partial charge in [0.2, 0.25) is 0 Å². The van der Waals surface area contributed by atoms with Gasteiger partial charge in [-0.15, -0.1) is 0 Å². The summed E-state index contributed by atoms with van der Waals surface area (Å²) < 4.78 is 78.9. The van der Waals surface area contributed by atoms with E-state index in [0.29, 0.717) is 35.6 Å². The number of pyridine rings is 2. The largest absolute Gasteiger partial charge is 0.493 e. The third-order valence-electron chi connectivity index (χ3n) is 6.44. The van der Waals surface area contributed by atoms with Crippen LogP contribution in [-0.2, 0) is 0 Å². The van der Waals surface area contributed by atoms with Gasteiger partial charge in [0.25, 0.3) is 11.8 Å². The summed E-state index contributed by atoms with van der Waals surface area (Å²) in [4.78, 5) is 21.0. The van der Waals surface area contributed by atoms with Gasteiger partial charge in [-0.1, -0.05) is 0 Å². The van der Waals surface area contributed by atoms with E-state index in [0.717, 1.165) is 12.1 Å². The van der Waals surface area contributed by atoms with Crippen LogP contribution in [0.2, 0.25) is 0 Å². The van der Waals surface area contributed by atoms with Crippen molar-refractivity contribution in [2.75, 3.05) is 32.6 Å². The Morgan fingerprint density at radius 2 is 1.76 bits per heavy atom. The molecule has 1 amide bonds. The molecule has 0 aliphatic heterocycles. The normalized spacial score (nSPS) is 14.2. The SMILES string of the molecule is CNCCOc1cc2nccc(Oc3c(F)cc(NC(=O)c4cnccc4OC4CC(F)(F)C4)cc3F)c2cc1OC. The molecule has 0 saturated heterocycles. The highest BCUT2D eigenvalue weighted by atomic mass is 19.3. The van der Waals surface area contributed by atoms with Crippen LogP contribution in [0.5, 0.6) is 28.7 Å². The predicted molar refractivity (Wildman–Crippen MR) is 145 cm³/mol. The molecule has 9 nitrogen and oxygen atoms in total. The van der Waals surface area contributed by atoms with E-state index >= 15 is 8.78 Å². The van der Waals surface area contributed by atoms with Gasteiger partial charge in [0.1, 0.15) is 24.2 Å². The van der Waals surface area contributed by atoms with E-state index in [-0.39, 0.29) is 22.7 Å². The van der Waals surface area contributed by atoms with E-state index in [9.17, 15) is 13.6 Å². The Morgan fingerprint density at radius 1 is 1.02 bits per heavy atom. The highest BCUT2D eigenvalue weighted by Crippen LogP contribution is 2.41. The van der Waals surface area contributed by atoms with Gasteiger partial charge in [-0.05, 0) is 25.2 Å². The number of hydrogen-bond donors (Lipinski definition) is 2. The molecule has 42 heavy (non-hydrogen) atoms. The third kappa shape index (κ3) is 6.30. The number of nitrogens with zero attached hydrogens (tertiary/aromatic N) is 2. The summed E-state index contributed by atoms with van der Waals surface area (Å²) in [6, 6.07) is 7.80. The van der Waals surface area contributed by atoms with Crippen LogP contribution in [0.1, 0.15) is 23.2 Å². The number of carbonyl (C=O) groups is 1. The summed E-state index contributed by atoms with van der Waals surface area (Å²) in [5.41, 5.74) is 0.148. The van der Waals surface area contributed by atoms with Gasteiger partial charge in [0.15, 0.2) is 28.9 Å². The summed E-state index contributed by atoms with van der Waals surface area (Å²) in [5, 5.41) is 5.77. The number of fused-ring (bicyclic) bond motifs is 1. The number of nitrogens with one attached hydrogen (secondary N) is 2. The molecule has 1 saturated carbocycles. The Labute approximate surface area is 237 Å². The molecule has 1 aliphatic rings. The second kappa shape index (κ2) is 12.1. The quantitative estimate of drug-likeness (QED) is 0.170. The van der Waals surface area contributed by atoms with Gasteiger partial charge >= 0.3 is 0 Å². The first-order valence-corrected chi connectivity index (χ1v) is 12.9. The topological polar surface area (TPSA) is 104 Å². The van der Waals surface area contributed by atoms with Gasteiger partial charge in [-0.25, -0.2) is 17.6 Å². The Balaban J connectivity index is 1.35. The maximum atomic E-state index is 15.1. The lowest BCUT2D eigenvalue weighted by Gasteiger charge is -2.35. The third-order valence-corrected chi connectivity index (χ3v) is 6.44. The lowest BCUT2D eigenvalue weighted by atomic mass is 9.91. The smallest absolute Gasteiger partial charge is 0.261 e. The van der Waals surface area contributed by atoms with E-state index in [2.05, 4.69) is 20.6 Å². The first-order valence-electron chi connectivity index (χ1n) is 12.9. The summed E-state index contributed by atoms with van der Waals surface area (Å²) >= 11 is 0. The first-order chi connectivity index (χ1) is 20.2. The first kappa shape index (κ1) is 28.9. The fourth-order valence-electron chi connectivity index (χ4n) is 4.32. The number of halogens is 4. The van der Waals surface area contributed by atoms with Crippen molar-refractivity contribution in [2.45, 2.75) is 24.9 Å². The zero-order valence-corrected chi connectivity index (χ0v) is 22.5. The molecular formula is C29H26F4N4O5. The molecule has 0 atom stereocenters. The second-order valence-electron chi connectivity index (χ2n) is 9.48. The maximum absolute atomic E-state index is 15.1. The molecule has 2 heterocycles. The van der Waals surface area contributed by atoms with Crippen LogP contribution >= 0.6 is 0 Å². The molecule has 0 spiro atoms. The summed E-state index contributed by atoms with van der Waals surface area (Å²) in [6.45, 7) is 0.980. The summed E-state index contributed by atoms with van der Waals surface area (Å²) in [7, 11) is 3.25. The second-order valence-corrected chi connectivity index (χ2v) is 9.48. The standard InChI is InChI=1S/C29H26F4N4O5/c1-34-7-8-40-26-12-22-18(11-25(26)39-2)23(4-6-36-22)42-27-20(30)9-16(10-21(27)31)37-28(38)19-15-35-5-3-24(19)41-17-13-29(32,33)14-17/h3-6,9-12,15,17,34H,7-8,13-14H2,1-2H3,(H,37,38). The molecule has 0 bridgehead atoms. The van der Waals surface area contributed by atoms with Crippen LogP contribution < -0.4 is 29.6 Å². The number of carbonyl (C=O) groups excluding carboxylic acids is 1. The van der Waals surface area contributed by atoms with Crippen LogP contribution in [0.3, 0.4) is 0 Å². The minimum absolute atomic E-state index is 0.0273. The molecule has 2 aromatic heterocycles. The number of methoxy groups -OCH3 is 1. The summed E-state index contributed by atoms with van der Waals surface area (Å²) in [5.74, 6) is -5.54. The molecule has 220 valence electrons. The lowest BCUT2D eigenvalue weighted by molar-refractivity contribution is -0.134. The van der Waals surface area contributed by atoms with Gasteiger partial charge in [0.05, 0.1) is 18.2 Å². The number of amides is 1. The fraction of sp³-hybridized carbons (Fsp3) is 0.276. The number of anilines is 1. The number of rotatable bonds is 11. The van der Waals surface area contributed by atoms with Gasteiger partial charge < -0.3 is 29.6 Å². The molecular weight excluding hydrogens is 560 g/mol.